The van der Waals surface area contributed by atoms with Crippen molar-refractivity contribution in [3.05, 3.63) is 51.1 Å². The summed E-state index contributed by atoms with van der Waals surface area (Å²) in [4.78, 5) is 30.8. The number of likely N-dealkylation sites (N-methyl/N-ethyl adjacent to an activating group) is 1. The average molecular weight is 416 g/mol. The first-order chi connectivity index (χ1) is 13.9. The van der Waals surface area contributed by atoms with Crippen molar-refractivity contribution in [2.24, 2.45) is 0 Å². The Bertz CT molecular complexity index is 953. The van der Waals surface area contributed by atoms with Gasteiger partial charge >= 0.3 is 5.69 Å². The van der Waals surface area contributed by atoms with Gasteiger partial charge in [0.15, 0.2) is 0 Å². The second-order valence-corrected chi connectivity index (χ2v) is 8.99. The van der Waals surface area contributed by atoms with Gasteiger partial charge in [0.2, 0.25) is 5.91 Å². The Morgan fingerprint density at radius 2 is 2.00 bits per heavy atom. The molecule has 0 spiro atoms. The molecule has 156 valence electrons. The predicted molar refractivity (Wildman–Crippen MR) is 118 cm³/mol. The van der Waals surface area contributed by atoms with E-state index >= 15 is 0 Å². The van der Waals surface area contributed by atoms with Crippen LogP contribution in [0.5, 0.6) is 0 Å². The number of rotatable bonds is 7. The number of nitrogens with zero attached hydrogens (tertiary/aromatic N) is 2. The summed E-state index contributed by atoms with van der Waals surface area (Å²) in [6, 6.07) is 5.89. The SMILES string of the molecule is Cc1cccc(NC(=O)CSc2nc(=O)n(CC[NH+](C)C)c3c2CCCC3)c1C. The summed E-state index contributed by atoms with van der Waals surface area (Å²) in [6.45, 7) is 5.61. The third-order valence-electron chi connectivity index (χ3n) is 5.50. The molecule has 6 nitrogen and oxygen atoms in total. The number of aromatic nitrogens is 2. The summed E-state index contributed by atoms with van der Waals surface area (Å²) < 4.78 is 1.85. The molecule has 1 heterocycles. The highest BCUT2D eigenvalue weighted by Crippen LogP contribution is 2.28. The number of carbonyl (C=O) groups excluding carboxylic acids is 1. The van der Waals surface area contributed by atoms with Crippen LogP contribution in [-0.4, -0.2) is 41.9 Å². The van der Waals surface area contributed by atoms with Crippen molar-refractivity contribution in [3.63, 3.8) is 0 Å². The van der Waals surface area contributed by atoms with E-state index < -0.39 is 0 Å². The molecule has 1 aromatic carbocycles. The standard InChI is InChI=1S/C22H30N4O2S/c1-15-8-7-10-18(16(15)2)23-20(27)14-29-21-17-9-5-6-11-19(17)26(22(28)24-21)13-12-25(3)4/h7-8,10H,5-6,9,11-14H2,1-4H3,(H,23,27)/p+1. The van der Waals surface area contributed by atoms with Crippen molar-refractivity contribution in [1.82, 2.24) is 9.55 Å². The Labute approximate surface area is 176 Å². The molecule has 0 aliphatic heterocycles. The van der Waals surface area contributed by atoms with Gasteiger partial charge in [0.1, 0.15) is 5.03 Å². The molecule has 29 heavy (non-hydrogen) atoms. The normalized spacial score (nSPS) is 13.4. The molecule has 0 bridgehead atoms. The predicted octanol–water partition coefficient (Wildman–Crippen LogP) is 1.61. The molecule has 0 radical (unpaired) electrons. The third-order valence-corrected chi connectivity index (χ3v) is 6.52. The average Bonchev–Trinajstić information content (AvgIpc) is 2.69. The smallest absolute Gasteiger partial charge is 0.338 e. The fourth-order valence-electron chi connectivity index (χ4n) is 3.64. The summed E-state index contributed by atoms with van der Waals surface area (Å²) in [5, 5.41) is 3.72. The monoisotopic (exact) mass is 415 g/mol. The van der Waals surface area contributed by atoms with Gasteiger partial charge in [0, 0.05) is 16.9 Å². The molecule has 1 aliphatic rings. The van der Waals surface area contributed by atoms with Crippen molar-refractivity contribution in [1.29, 1.82) is 0 Å². The highest BCUT2D eigenvalue weighted by atomic mass is 32.2. The van der Waals surface area contributed by atoms with Gasteiger partial charge in [-0.15, -0.1) is 0 Å². The molecule has 2 N–H and O–H groups in total. The van der Waals surface area contributed by atoms with E-state index in [1.165, 1.54) is 16.7 Å². The first-order valence-electron chi connectivity index (χ1n) is 10.3. The highest BCUT2D eigenvalue weighted by Gasteiger charge is 2.21. The minimum Gasteiger partial charge on any atom is -0.338 e. The number of hydrogen-bond donors (Lipinski definition) is 2. The van der Waals surface area contributed by atoms with Crippen LogP contribution in [0.1, 0.15) is 35.2 Å². The largest absolute Gasteiger partial charge is 0.349 e. The van der Waals surface area contributed by atoms with Gasteiger partial charge in [-0.25, -0.2) is 4.79 Å². The van der Waals surface area contributed by atoms with Crippen molar-refractivity contribution < 1.29 is 9.69 Å². The molecular formula is C22H31N4O2S+. The maximum Gasteiger partial charge on any atom is 0.349 e. The van der Waals surface area contributed by atoms with Crippen molar-refractivity contribution in [2.75, 3.05) is 31.7 Å². The fourth-order valence-corrected chi connectivity index (χ4v) is 4.52. The molecule has 3 rings (SSSR count). The van der Waals surface area contributed by atoms with Gasteiger partial charge in [-0.1, -0.05) is 23.9 Å². The maximum atomic E-state index is 12.7. The van der Waals surface area contributed by atoms with E-state index in [1.54, 1.807) is 0 Å². The number of anilines is 1. The van der Waals surface area contributed by atoms with Crippen LogP contribution in [0.4, 0.5) is 5.69 Å². The van der Waals surface area contributed by atoms with E-state index in [0.717, 1.165) is 65.3 Å². The quantitative estimate of drug-likeness (QED) is 0.533. The molecule has 1 amide bonds. The number of nitrogens with one attached hydrogen (secondary N) is 2. The lowest BCUT2D eigenvalue weighted by molar-refractivity contribution is -0.859. The second-order valence-electron chi connectivity index (χ2n) is 8.02. The van der Waals surface area contributed by atoms with Crippen molar-refractivity contribution >= 4 is 23.4 Å². The molecule has 0 saturated carbocycles. The summed E-state index contributed by atoms with van der Waals surface area (Å²) in [7, 11) is 4.17. The maximum absolute atomic E-state index is 12.7. The zero-order valence-electron chi connectivity index (χ0n) is 17.8. The number of benzene rings is 1. The molecule has 0 unspecified atom stereocenters. The van der Waals surface area contributed by atoms with Crippen LogP contribution in [0.3, 0.4) is 0 Å². The molecular weight excluding hydrogens is 384 g/mol. The van der Waals surface area contributed by atoms with Crippen LogP contribution in [0.15, 0.2) is 28.0 Å². The first kappa shape index (κ1) is 21.6. The number of aryl methyl sites for hydroxylation is 1. The molecule has 7 heteroatoms. The Balaban J connectivity index is 1.75. The van der Waals surface area contributed by atoms with E-state index in [9.17, 15) is 9.59 Å². The summed E-state index contributed by atoms with van der Waals surface area (Å²) in [6.07, 6.45) is 4.05. The lowest BCUT2D eigenvalue weighted by Gasteiger charge is -2.23. The van der Waals surface area contributed by atoms with Crippen LogP contribution in [0.25, 0.3) is 0 Å². The van der Waals surface area contributed by atoms with Crippen LogP contribution < -0.4 is 15.9 Å². The van der Waals surface area contributed by atoms with Crippen LogP contribution >= 0.6 is 11.8 Å². The Hall–Kier alpha value is -2.12. The lowest BCUT2D eigenvalue weighted by atomic mass is 9.97. The zero-order chi connectivity index (χ0) is 21.0. The number of fused-ring (bicyclic) bond motifs is 1. The molecule has 0 fully saturated rings. The number of quaternary nitrogens is 1. The Morgan fingerprint density at radius 1 is 1.24 bits per heavy atom. The molecule has 0 atom stereocenters. The Kier molecular flexibility index (Phi) is 7.14. The fraction of sp³-hybridized carbons (Fsp3) is 0.500. The second kappa shape index (κ2) is 9.59. The molecule has 1 aromatic heterocycles. The molecule has 0 saturated heterocycles. The Morgan fingerprint density at radius 3 is 2.76 bits per heavy atom. The van der Waals surface area contributed by atoms with Gasteiger partial charge in [0.05, 0.1) is 32.9 Å². The van der Waals surface area contributed by atoms with Gasteiger partial charge < -0.3 is 10.2 Å². The summed E-state index contributed by atoms with van der Waals surface area (Å²) in [5.74, 6) is 0.174. The molecule has 2 aromatic rings. The topological polar surface area (TPSA) is 68.4 Å². The van der Waals surface area contributed by atoms with E-state index in [-0.39, 0.29) is 17.3 Å². The van der Waals surface area contributed by atoms with Crippen LogP contribution in [-0.2, 0) is 24.2 Å². The number of hydrogen-bond acceptors (Lipinski definition) is 4. The van der Waals surface area contributed by atoms with E-state index in [2.05, 4.69) is 24.4 Å². The van der Waals surface area contributed by atoms with Gasteiger partial charge in [-0.2, -0.15) is 4.98 Å². The lowest BCUT2D eigenvalue weighted by Crippen LogP contribution is -3.06. The minimum atomic E-state index is -0.190. The number of amides is 1. The first-order valence-corrected chi connectivity index (χ1v) is 11.3. The summed E-state index contributed by atoms with van der Waals surface area (Å²) >= 11 is 1.38. The van der Waals surface area contributed by atoms with Crippen molar-refractivity contribution in [2.45, 2.75) is 51.1 Å². The van der Waals surface area contributed by atoms with Gasteiger partial charge in [-0.05, 0) is 56.7 Å². The zero-order valence-corrected chi connectivity index (χ0v) is 18.6. The van der Waals surface area contributed by atoms with Crippen molar-refractivity contribution in [3.8, 4) is 0 Å². The van der Waals surface area contributed by atoms with Gasteiger partial charge in [0.25, 0.3) is 0 Å². The summed E-state index contributed by atoms with van der Waals surface area (Å²) in [5.41, 5.74) is 5.15. The highest BCUT2D eigenvalue weighted by molar-refractivity contribution is 8.00. The van der Waals surface area contributed by atoms with Gasteiger partial charge in [-0.3, -0.25) is 9.36 Å². The minimum absolute atomic E-state index is 0.0737. The third kappa shape index (κ3) is 5.28. The number of carbonyl (C=O) groups is 1. The number of thioether (sulfide) groups is 1. The van der Waals surface area contributed by atoms with E-state index in [0.29, 0.717) is 6.54 Å². The van der Waals surface area contributed by atoms with E-state index in [4.69, 9.17) is 0 Å². The van der Waals surface area contributed by atoms with E-state index in [1.807, 2.05) is 36.6 Å². The van der Waals surface area contributed by atoms with Crippen LogP contribution in [0, 0.1) is 13.8 Å². The van der Waals surface area contributed by atoms with Crippen LogP contribution in [0.2, 0.25) is 0 Å². The molecule has 1 aliphatic carbocycles.